The summed E-state index contributed by atoms with van der Waals surface area (Å²) in [6, 6.07) is 3.77. The first-order valence-electron chi connectivity index (χ1n) is 5.39. The maximum atomic E-state index is 12.7. The number of carboxylic acid groups (broad SMARTS) is 1. The molecule has 0 aromatic heterocycles. The van der Waals surface area contributed by atoms with Crippen LogP contribution in [0.5, 0.6) is 0 Å². The topological polar surface area (TPSA) is 49.3 Å². The van der Waals surface area contributed by atoms with Crippen LogP contribution >= 0.6 is 0 Å². The van der Waals surface area contributed by atoms with Crippen LogP contribution in [0.3, 0.4) is 0 Å². The van der Waals surface area contributed by atoms with Crippen molar-refractivity contribution in [3.05, 3.63) is 29.8 Å². The molecular weight excluding hydrogens is 247 g/mol. The van der Waals surface area contributed by atoms with Gasteiger partial charge < -0.3 is 10.4 Å². The maximum Gasteiger partial charge on any atom is 0.418 e. The summed E-state index contributed by atoms with van der Waals surface area (Å²) in [6.45, 7) is 3.25. The zero-order chi connectivity index (χ0) is 13.9. The zero-order valence-electron chi connectivity index (χ0n) is 9.95. The van der Waals surface area contributed by atoms with Gasteiger partial charge in [-0.1, -0.05) is 26.0 Å². The number of alkyl halides is 3. The molecule has 0 heterocycles. The zero-order valence-corrected chi connectivity index (χ0v) is 9.95. The number of rotatable bonds is 4. The first kappa shape index (κ1) is 14.3. The Kier molecular flexibility index (Phi) is 4.21. The van der Waals surface area contributed by atoms with E-state index in [-0.39, 0.29) is 11.6 Å². The average molecular weight is 261 g/mol. The Morgan fingerprint density at radius 3 is 2.28 bits per heavy atom. The monoisotopic (exact) mass is 261 g/mol. The van der Waals surface area contributed by atoms with Crippen molar-refractivity contribution in [1.29, 1.82) is 0 Å². The van der Waals surface area contributed by atoms with Crippen molar-refractivity contribution in [1.82, 2.24) is 0 Å². The number of nitrogens with one attached hydrogen (secondary N) is 1. The van der Waals surface area contributed by atoms with Crippen LogP contribution in [-0.2, 0) is 11.0 Å². The van der Waals surface area contributed by atoms with E-state index in [0.29, 0.717) is 0 Å². The lowest BCUT2D eigenvalue weighted by molar-refractivity contribution is -0.140. The highest BCUT2D eigenvalue weighted by atomic mass is 19.4. The Bertz CT molecular complexity index is 430. The number of para-hydroxylation sites is 1. The Hall–Kier alpha value is -1.72. The van der Waals surface area contributed by atoms with Gasteiger partial charge in [-0.15, -0.1) is 0 Å². The van der Waals surface area contributed by atoms with Gasteiger partial charge in [-0.3, -0.25) is 0 Å². The van der Waals surface area contributed by atoms with Crippen molar-refractivity contribution in [2.45, 2.75) is 26.1 Å². The highest BCUT2D eigenvalue weighted by molar-refractivity contribution is 5.78. The first-order chi connectivity index (χ1) is 8.23. The van der Waals surface area contributed by atoms with Crippen molar-refractivity contribution in [2.75, 3.05) is 5.32 Å². The third-order valence-electron chi connectivity index (χ3n) is 2.48. The van der Waals surface area contributed by atoms with Gasteiger partial charge >= 0.3 is 12.1 Å². The molecule has 18 heavy (non-hydrogen) atoms. The van der Waals surface area contributed by atoms with Crippen LogP contribution in [0.4, 0.5) is 18.9 Å². The van der Waals surface area contributed by atoms with Gasteiger partial charge in [0.1, 0.15) is 6.04 Å². The second kappa shape index (κ2) is 5.29. The van der Waals surface area contributed by atoms with Gasteiger partial charge in [0.2, 0.25) is 0 Å². The molecule has 0 saturated heterocycles. The van der Waals surface area contributed by atoms with Gasteiger partial charge in [0, 0.05) is 5.69 Å². The summed E-state index contributed by atoms with van der Waals surface area (Å²) >= 11 is 0. The molecule has 0 radical (unpaired) electrons. The van der Waals surface area contributed by atoms with E-state index in [1.54, 1.807) is 13.8 Å². The highest BCUT2D eigenvalue weighted by Gasteiger charge is 2.34. The van der Waals surface area contributed by atoms with Crippen LogP contribution < -0.4 is 5.32 Å². The van der Waals surface area contributed by atoms with Gasteiger partial charge in [-0.25, -0.2) is 4.79 Å². The van der Waals surface area contributed by atoms with Crippen molar-refractivity contribution < 1.29 is 23.1 Å². The van der Waals surface area contributed by atoms with Gasteiger partial charge in [0.25, 0.3) is 0 Å². The number of carbonyl (C=O) groups is 1. The van der Waals surface area contributed by atoms with E-state index in [1.807, 2.05) is 0 Å². The van der Waals surface area contributed by atoms with E-state index >= 15 is 0 Å². The lowest BCUT2D eigenvalue weighted by atomic mass is 10.0. The molecular formula is C12H14F3NO2. The molecule has 1 atom stereocenters. The van der Waals surface area contributed by atoms with Crippen molar-refractivity contribution >= 4 is 11.7 Å². The number of aliphatic carboxylic acids is 1. The number of hydrogen-bond donors (Lipinski definition) is 2. The molecule has 1 aromatic carbocycles. The summed E-state index contributed by atoms with van der Waals surface area (Å²) < 4.78 is 38.1. The third-order valence-corrected chi connectivity index (χ3v) is 2.48. The molecule has 1 aromatic rings. The average Bonchev–Trinajstić information content (AvgIpc) is 2.24. The quantitative estimate of drug-likeness (QED) is 0.874. The van der Waals surface area contributed by atoms with Gasteiger partial charge in [-0.2, -0.15) is 13.2 Å². The summed E-state index contributed by atoms with van der Waals surface area (Å²) in [6.07, 6.45) is -4.51. The summed E-state index contributed by atoms with van der Waals surface area (Å²) in [5, 5.41) is 11.4. The molecule has 0 spiro atoms. The fraction of sp³-hybridized carbons (Fsp3) is 0.417. The summed E-state index contributed by atoms with van der Waals surface area (Å²) in [4.78, 5) is 11.0. The highest BCUT2D eigenvalue weighted by Crippen LogP contribution is 2.35. The lowest BCUT2D eigenvalue weighted by Crippen LogP contribution is -2.35. The Labute approximate surface area is 103 Å². The first-order valence-corrected chi connectivity index (χ1v) is 5.39. The van der Waals surface area contributed by atoms with Gasteiger partial charge in [0.05, 0.1) is 5.56 Å². The van der Waals surface area contributed by atoms with E-state index in [1.165, 1.54) is 18.2 Å². The van der Waals surface area contributed by atoms with Crippen molar-refractivity contribution in [3.8, 4) is 0 Å². The van der Waals surface area contributed by atoms with E-state index in [4.69, 9.17) is 5.11 Å². The SMILES string of the molecule is CC(C)C(Nc1ccccc1C(F)(F)F)C(=O)O. The summed E-state index contributed by atoms with van der Waals surface area (Å²) in [7, 11) is 0. The Balaban J connectivity index is 3.07. The normalized spacial score (nSPS) is 13.4. The molecule has 2 N–H and O–H groups in total. The fourth-order valence-electron chi connectivity index (χ4n) is 1.54. The number of hydrogen-bond acceptors (Lipinski definition) is 2. The largest absolute Gasteiger partial charge is 0.480 e. The molecule has 0 fully saturated rings. The molecule has 0 aliphatic heterocycles. The van der Waals surface area contributed by atoms with Crippen LogP contribution in [0.25, 0.3) is 0 Å². The van der Waals surface area contributed by atoms with Crippen molar-refractivity contribution in [2.24, 2.45) is 5.92 Å². The molecule has 1 unspecified atom stereocenters. The lowest BCUT2D eigenvalue weighted by Gasteiger charge is -2.21. The molecule has 0 aliphatic rings. The summed E-state index contributed by atoms with van der Waals surface area (Å²) in [5.74, 6) is -1.51. The van der Waals surface area contributed by atoms with E-state index < -0.39 is 23.8 Å². The van der Waals surface area contributed by atoms with E-state index in [0.717, 1.165) is 6.07 Å². The fourth-order valence-corrected chi connectivity index (χ4v) is 1.54. The number of halogens is 3. The molecule has 0 saturated carbocycles. The van der Waals surface area contributed by atoms with Crippen LogP contribution in [0.2, 0.25) is 0 Å². The second-order valence-electron chi connectivity index (χ2n) is 4.25. The van der Waals surface area contributed by atoms with Crippen LogP contribution in [-0.4, -0.2) is 17.1 Å². The molecule has 1 rings (SSSR count). The van der Waals surface area contributed by atoms with Gasteiger partial charge in [0.15, 0.2) is 0 Å². The standard InChI is InChI=1S/C12H14F3NO2/c1-7(2)10(11(17)18)16-9-6-4-3-5-8(9)12(13,14)15/h3-7,10,16H,1-2H3,(H,17,18). The second-order valence-corrected chi connectivity index (χ2v) is 4.25. The van der Waals surface area contributed by atoms with Crippen LogP contribution in [0.15, 0.2) is 24.3 Å². The number of anilines is 1. The molecule has 6 heteroatoms. The molecule has 0 aliphatic carbocycles. The minimum Gasteiger partial charge on any atom is -0.480 e. The van der Waals surface area contributed by atoms with Crippen molar-refractivity contribution in [3.63, 3.8) is 0 Å². The molecule has 0 bridgehead atoms. The minimum absolute atomic E-state index is 0.217. The molecule has 3 nitrogen and oxygen atoms in total. The third kappa shape index (κ3) is 3.38. The van der Waals surface area contributed by atoms with Gasteiger partial charge in [-0.05, 0) is 18.1 Å². The van der Waals surface area contributed by atoms with E-state index in [9.17, 15) is 18.0 Å². The van der Waals surface area contributed by atoms with E-state index in [2.05, 4.69) is 5.32 Å². The Morgan fingerprint density at radius 1 is 1.28 bits per heavy atom. The van der Waals surface area contributed by atoms with Crippen LogP contribution in [0, 0.1) is 5.92 Å². The molecule has 100 valence electrons. The van der Waals surface area contributed by atoms with Crippen LogP contribution in [0.1, 0.15) is 19.4 Å². The summed E-state index contributed by atoms with van der Waals surface area (Å²) in [5.41, 5.74) is -1.08. The number of carboxylic acids is 1. The Morgan fingerprint density at radius 2 is 1.83 bits per heavy atom. The smallest absolute Gasteiger partial charge is 0.418 e. The maximum absolute atomic E-state index is 12.7. The molecule has 0 amide bonds. The number of benzene rings is 1. The predicted molar refractivity (Wildman–Crippen MR) is 61.3 cm³/mol. The predicted octanol–water partition coefficient (Wildman–Crippen LogP) is 3.23. The minimum atomic E-state index is -4.51.